The Balaban J connectivity index is 1.57. The van der Waals surface area contributed by atoms with Gasteiger partial charge in [-0.05, 0) is 59.4 Å². The number of halogens is 1. The molecule has 0 saturated carbocycles. The van der Waals surface area contributed by atoms with Crippen molar-refractivity contribution in [2.24, 2.45) is 0 Å². The second kappa shape index (κ2) is 7.72. The SMILES string of the molecule is O=C1CC(c2ccccc2)CC2=C1C(c1cccc(Br)c1)c1c(ccc3ncccc13)N2. The quantitative estimate of drug-likeness (QED) is 0.337. The van der Waals surface area contributed by atoms with Crippen LogP contribution < -0.4 is 5.32 Å². The third kappa shape index (κ3) is 3.18. The monoisotopic (exact) mass is 480 g/mol. The first kappa shape index (κ1) is 19.4. The number of allylic oxidation sites excluding steroid dienone is 2. The van der Waals surface area contributed by atoms with Crippen LogP contribution in [0.4, 0.5) is 5.69 Å². The van der Waals surface area contributed by atoms with Gasteiger partial charge in [0.05, 0.1) is 5.52 Å². The van der Waals surface area contributed by atoms with Crippen molar-refractivity contribution < 1.29 is 4.79 Å². The zero-order chi connectivity index (χ0) is 21.7. The number of nitrogens with zero attached hydrogens (tertiary/aromatic N) is 1. The average Bonchev–Trinajstić information content (AvgIpc) is 2.83. The van der Waals surface area contributed by atoms with Gasteiger partial charge >= 0.3 is 0 Å². The maximum absolute atomic E-state index is 13.7. The zero-order valence-corrected chi connectivity index (χ0v) is 19.0. The largest absolute Gasteiger partial charge is 0.358 e. The molecular formula is C28H21BrN2O. The first-order valence-corrected chi connectivity index (χ1v) is 11.7. The number of benzene rings is 3. The van der Waals surface area contributed by atoms with E-state index in [9.17, 15) is 4.79 Å². The molecule has 4 heteroatoms. The van der Waals surface area contributed by atoms with Crippen molar-refractivity contribution in [2.45, 2.75) is 24.7 Å². The van der Waals surface area contributed by atoms with E-state index >= 15 is 0 Å². The Morgan fingerprint density at radius 1 is 0.875 bits per heavy atom. The molecule has 4 aromatic rings. The van der Waals surface area contributed by atoms with E-state index in [0.29, 0.717) is 6.42 Å². The fourth-order valence-electron chi connectivity index (χ4n) is 5.27. The molecule has 0 saturated heterocycles. The molecule has 0 bridgehead atoms. The number of aromatic nitrogens is 1. The molecule has 0 amide bonds. The Labute approximate surface area is 195 Å². The third-order valence-electron chi connectivity index (χ3n) is 6.65. The molecule has 2 aliphatic rings. The van der Waals surface area contributed by atoms with Gasteiger partial charge in [0.1, 0.15) is 0 Å². The van der Waals surface area contributed by atoms with Gasteiger partial charge in [-0.25, -0.2) is 0 Å². The lowest BCUT2D eigenvalue weighted by Gasteiger charge is -2.37. The van der Waals surface area contributed by atoms with Crippen LogP contribution in [0.3, 0.4) is 0 Å². The number of Topliss-reactive ketones (excluding diaryl/α,β-unsaturated/α-hetero) is 1. The third-order valence-corrected chi connectivity index (χ3v) is 7.14. The average molecular weight is 481 g/mol. The first-order chi connectivity index (χ1) is 15.7. The summed E-state index contributed by atoms with van der Waals surface area (Å²) in [4.78, 5) is 18.3. The minimum absolute atomic E-state index is 0.115. The number of ketones is 1. The number of fused-ring (bicyclic) bond motifs is 3. The van der Waals surface area contributed by atoms with E-state index in [2.05, 4.69) is 80.8 Å². The lowest BCUT2D eigenvalue weighted by atomic mass is 9.71. The number of hydrogen-bond acceptors (Lipinski definition) is 3. The van der Waals surface area contributed by atoms with Crippen molar-refractivity contribution >= 4 is 38.3 Å². The summed E-state index contributed by atoms with van der Waals surface area (Å²) in [6.07, 6.45) is 3.19. The highest BCUT2D eigenvalue weighted by Gasteiger charge is 2.39. The van der Waals surface area contributed by atoms with Crippen LogP contribution >= 0.6 is 15.9 Å². The lowest BCUT2D eigenvalue weighted by molar-refractivity contribution is -0.116. The summed E-state index contributed by atoms with van der Waals surface area (Å²) < 4.78 is 1.01. The molecule has 3 nitrogen and oxygen atoms in total. The van der Waals surface area contributed by atoms with Crippen molar-refractivity contribution in [1.29, 1.82) is 0 Å². The number of nitrogens with one attached hydrogen (secondary N) is 1. The fourth-order valence-corrected chi connectivity index (χ4v) is 5.68. The Morgan fingerprint density at radius 2 is 1.72 bits per heavy atom. The van der Waals surface area contributed by atoms with Crippen molar-refractivity contribution in [2.75, 3.05) is 5.32 Å². The van der Waals surface area contributed by atoms with Gasteiger partial charge in [0.2, 0.25) is 0 Å². The Morgan fingerprint density at radius 3 is 2.56 bits per heavy atom. The Kier molecular flexibility index (Phi) is 4.69. The molecule has 32 heavy (non-hydrogen) atoms. The smallest absolute Gasteiger partial charge is 0.162 e. The molecule has 1 N–H and O–H groups in total. The standard InChI is InChI=1S/C28H21BrN2O/c29-20-9-4-8-18(14-20)26-27-21-10-5-13-30-22(21)11-12-23(27)31-24-15-19(16-25(32)28(24)26)17-6-2-1-3-7-17/h1-14,19,26,31H,15-16H2. The van der Waals surface area contributed by atoms with Crippen molar-refractivity contribution in [3.8, 4) is 0 Å². The van der Waals surface area contributed by atoms with Crippen molar-refractivity contribution in [3.05, 3.63) is 117 Å². The molecule has 2 atom stereocenters. The van der Waals surface area contributed by atoms with Crippen LogP contribution in [0.1, 0.15) is 41.4 Å². The Hall–Kier alpha value is -3.24. The van der Waals surface area contributed by atoms with Crippen LogP contribution in [-0.2, 0) is 4.79 Å². The summed E-state index contributed by atoms with van der Waals surface area (Å²) in [7, 11) is 0. The number of anilines is 1. The van der Waals surface area contributed by atoms with Crippen molar-refractivity contribution in [3.63, 3.8) is 0 Å². The maximum Gasteiger partial charge on any atom is 0.162 e. The van der Waals surface area contributed by atoms with E-state index in [1.807, 2.05) is 30.5 Å². The number of carbonyl (C=O) groups excluding carboxylic acids is 1. The summed E-state index contributed by atoms with van der Waals surface area (Å²) in [5.74, 6) is 0.307. The molecule has 1 aliphatic carbocycles. The molecule has 1 aliphatic heterocycles. The maximum atomic E-state index is 13.7. The van der Waals surface area contributed by atoms with Crippen LogP contribution in [0.15, 0.2) is 101 Å². The molecular weight excluding hydrogens is 460 g/mol. The van der Waals surface area contributed by atoms with Gasteiger partial charge in [0.15, 0.2) is 5.78 Å². The molecule has 2 unspecified atom stereocenters. The van der Waals surface area contributed by atoms with E-state index in [4.69, 9.17) is 0 Å². The van der Waals surface area contributed by atoms with Gasteiger partial charge in [-0.2, -0.15) is 0 Å². The molecule has 3 aromatic carbocycles. The van der Waals surface area contributed by atoms with Crippen LogP contribution in [0, 0.1) is 0 Å². The lowest BCUT2D eigenvalue weighted by Crippen LogP contribution is -2.30. The highest BCUT2D eigenvalue weighted by atomic mass is 79.9. The van der Waals surface area contributed by atoms with E-state index in [1.54, 1.807) is 0 Å². The van der Waals surface area contributed by atoms with Gasteiger partial charge in [-0.15, -0.1) is 0 Å². The van der Waals surface area contributed by atoms with E-state index in [-0.39, 0.29) is 17.6 Å². The minimum Gasteiger partial charge on any atom is -0.358 e. The van der Waals surface area contributed by atoms with E-state index < -0.39 is 0 Å². The van der Waals surface area contributed by atoms with Crippen molar-refractivity contribution in [1.82, 2.24) is 4.98 Å². The van der Waals surface area contributed by atoms with E-state index in [1.165, 1.54) is 5.56 Å². The number of hydrogen-bond donors (Lipinski definition) is 1. The van der Waals surface area contributed by atoms with Gasteiger partial charge < -0.3 is 5.32 Å². The van der Waals surface area contributed by atoms with Gasteiger partial charge in [-0.1, -0.05) is 64.5 Å². The first-order valence-electron chi connectivity index (χ1n) is 10.9. The molecule has 2 heterocycles. The number of pyridine rings is 1. The highest BCUT2D eigenvalue weighted by molar-refractivity contribution is 9.10. The summed E-state index contributed by atoms with van der Waals surface area (Å²) in [6, 6.07) is 27.0. The highest BCUT2D eigenvalue weighted by Crippen LogP contribution is 2.50. The Bertz CT molecular complexity index is 1390. The van der Waals surface area contributed by atoms with Gasteiger partial charge in [0.25, 0.3) is 0 Å². The second-order valence-electron chi connectivity index (χ2n) is 8.54. The molecule has 0 radical (unpaired) electrons. The molecule has 156 valence electrons. The van der Waals surface area contributed by atoms with Crippen LogP contribution in [-0.4, -0.2) is 10.8 Å². The summed E-state index contributed by atoms with van der Waals surface area (Å²) in [5.41, 5.74) is 7.45. The molecule has 1 aromatic heterocycles. The predicted octanol–water partition coefficient (Wildman–Crippen LogP) is 6.96. The number of carbonyl (C=O) groups is 1. The zero-order valence-electron chi connectivity index (χ0n) is 17.4. The predicted molar refractivity (Wildman–Crippen MR) is 132 cm³/mol. The van der Waals surface area contributed by atoms with Crippen LogP contribution in [0.2, 0.25) is 0 Å². The minimum atomic E-state index is -0.115. The van der Waals surface area contributed by atoms with E-state index in [0.717, 1.165) is 49.9 Å². The fraction of sp³-hybridized carbons (Fsp3) is 0.143. The van der Waals surface area contributed by atoms with Crippen LogP contribution in [0.5, 0.6) is 0 Å². The second-order valence-corrected chi connectivity index (χ2v) is 9.46. The molecule has 0 fully saturated rings. The van der Waals surface area contributed by atoms with Crippen LogP contribution in [0.25, 0.3) is 10.9 Å². The number of rotatable bonds is 2. The summed E-state index contributed by atoms with van der Waals surface area (Å²) >= 11 is 3.63. The molecule has 0 spiro atoms. The normalized spacial score (nSPS) is 20.0. The summed E-state index contributed by atoms with van der Waals surface area (Å²) in [5, 5.41) is 4.74. The topological polar surface area (TPSA) is 42.0 Å². The van der Waals surface area contributed by atoms with Gasteiger partial charge in [0, 0.05) is 45.4 Å². The van der Waals surface area contributed by atoms with Gasteiger partial charge in [-0.3, -0.25) is 9.78 Å². The summed E-state index contributed by atoms with van der Waals surface area (Å²) in [6.45, 7) is 0. The molecule has 6 rings (SSSR count).